The van der Waals surface area contributed by atoms with Crippen LogP contribution < -0.4 is 5.73 Å². The molecular weight excluding hydrogens is 134 g/mol. The van der Waals surface area contributed by atoms with E-state index in [9.17, 15) is 0 Å². The van der Waals surface area contributed by atoms with Crippen molar-refractivity contribution < 1.29 is 0 Å². The van der Waals surface area contributed by atoms with Crippen LogP contribution in [0.15, 0.2) is 0 Å². The Morgan fingerprint density at radius 3 is 2.18 bits per heavy atom. The van der Waals surface area contributed by atoms with E-state index in [-0.39, 0.29) is 0 Å². The molecule has 11 heavy (non-hydrogen) atoms. The van der Waals surface area contributed by atoms with Crippen molar-refractivity contribution in [3.63, 3.8) is 0 Å². The SMILES string of the molecule is CCCCC1CC1CC.CN. The molecule has 1 rings (SSSR count). The highest BCUT2D eigenvalue weighted by Crippen LogP contribution is 2.44. The van der Waals surface area contributed by atoms with Crippen LogP contribution in [-0.4, -0.2) is 7.05 Å². The number of hydrogen-bond acceptors (Lipinski definition) is 1. The molecule has 0 bridgehead atoms. The van der Waals surface area contributed by atoms with Crippen molar-refractivity contribution in [2.24, 2.45) is 17.6 Å². The molecule has 2 N–H and O–H groups in total. The lowest BCUT2D eigenvalue weighted by molar-refractivity contribution is 0.594. The fourth-order valence-corrected chi connectivity index (χ4v) is 1.63. The van der Waals surface area contributed by atoms with E-state index in [4.69, 9.17) is 0 Å². The lowest BCUT2D eigenvalue weighted by atomic mass is 10.1. The van der Waals surface area contributed by atoms with Crippen LogP contribution in [0.1, 0.15) is 46.0 Å². The zero-order valence-corrected chi connectivity index (χ0v) is 8.27. The lowest BCUT2D eigenvalue weighted by Gasteiger charge is -1.93. The Balaban J connectivity index is 0.000000461. The van der Waals surface area contributed by atoms with Gasteiger partial charge in [0.05, 0.1) is 0 Å². The van der Waals surface area contributed by atoms with E-state index in [1.807, 2.05) is 0 Å². The van der Waals surface area contributed by atoms with Crippen LogP contribution in [-0.2, 0) is 0 Å². The van der Waals surface area contributed by atoms with E-state index in [1.54, 1.807) is 0 Å². The Morgan fingerprint density at radius 2 is 1.82 bits per heavy atom. The average molecular weight is 157 g/mol. The van der Waals surface area contributed by atoms with Crippen LogP contribution in [0.5, 0.6) is 0 Å². The van der Waals surface area contributed by atoms with Crippen molar-refractivity contribution in [3.05, 3.63) is 0 Å². The van der Waals surface area contributed by atoms with E-state index in [0.717, 1.165) is 11.8 Å². The van der Waals surface area contributed by atoms with Gasteiger partial charge in [-0.1, -0.05) is 39.5 Å². The first kappa shape index (κ1) is 11.0. The Morgan fingerprint density at radius 1 is 1.18 bits per heavy atom. The largest absolute Gasteiger partial charge is 0.333 e. The van der Waals surface area contributed by atoms with Gasteiger partial charge in [-0.2, -0.15) is 0 Å². The molecule has 1 aliphatic rings. The monoisotopic (exact) mass is 157 g/mol. The first-order valence-electron chi connectivity index (χ1n) is 4.96. The Bertz CT molecular complexity index is 80.9. The molecule has 1 saturated carbocycles. The summed E-state index contributed by atoms with van der Waals surface area (Å²) in [5.74, 6) is 2.26. The van der Waals surface area contributed by atoms with E-state index < -0.39 is 0 Å². The van der Waals surface area contributed by atoms with Crippen molar-refractivity contribution >= 4 is 0 Å². The molecule has 0 aromatic rings. The minimum atomic E-state index is 1.12. The number of unbranched alkanes of at least 4 members (excludes halogenated alkanes) is 1. The predicted octanol–water partition coefficient (Wildman–Crippen LogP) is 2.80. The molecule has 0 amide bonds. The molecule has 0 spiro atoms. The molecule has 0 aromatic carbocycles. The second-order valence-electron chi connectivity index (χ2n) is 3.31. The minimum Gasteiger partial charge on any atom is -0.333 e. The maximum absolute atomic E-state index is 4.50. The van der Waals surface area contributed by atoms with Crippen molar-refractivity contribution in [1.29, 1.82) is 0 Å². The summed E-state index contributed by atoms with van der Waals surface area (Å²) in [5.41, 5.74) is 4.50. The predicted molar refractivity (Wildman–Crippen MR) is 51.5 cm³/mol. The molecule has 0 aliphatic heterocycles. The lowest BCUT2D eigenvalue weighted by Crippen LogP contribution is -1.80. The van der Waals surface area contributed by atoms with Gasteiger partial charge in [0.15, 0.2) is 0 Å². The van der Waals surface area contributed by atoms with Gasteiger partial charge < -0.3 is 5.73 Å². The van der Waals surface area contributed by atoms with Crippen molar-refractivity contribution in [3.8, 4) is 0 Å². The third-order valence-electron chi connectivity index (χ3n) is 2.52. The Labute approximate surface area is 71.4 Å². The van der Waals surface area contributed by atoms with Gasteiger partial charge in [0, 0.05) is 0 Å². The van der Waals surface area contributed by atoms with Crippen molar-refractivity contribution in [2.75, 3.05) is 7.05 Å². The summed E-state index contributed by atoms with van der Waals surface area (Å²) in [4.78, 5) is 0. The third-order valence-corrected chi connectivity index (χ3v) is 2.52. The third kappa shape index (κ3) is 4.41. The number of rotatable bonds is 4. The molecule has 1 nitrogen and oxygen atoms in total. The van der Waals surface area contributed by atoms with Gasteiger partial charge in [-0.15, -0.1) is 0 Å². The molecule has 2 unspecified atom stereocenters. The number of hydrogen-bond donors (Lipinski definition) is 1. The van der Waals surface area contributed by atoms with E-state index in [0.29, 0.717) is 0 Å². The summed E-state index contributed by atoms with van der Waals surface area (Å²) in [6, 6.07) is 0. The molecule has 68 valence electrons. The summed E-state index contributed by atoms with van der Waals surface area (Å²) >= 11 is 0. The van der Waals surface area contributed by atoms with Gasteiger partial charge in [-0.3, -0.25) is 0 Å². The molecule has 1 heteroatoms. The number of nitrogens with two attached hydrogens (primary N) is 1. The van der Waals surface area contributed by atoms with Gasteiger partial charge in [-0.25, -0.2) is 0 Å². The van der Waals surface area contributed by atoms with Crippen LogP contribution in [0.2, 0.25) is 0 Å². The fraction of sp³-hybridized carbons (Fsp3) is 1.00. The zero-order valence-electron chi connectivity index (χ0n) is 8.27. The average Bonchev–Trinajstić information content (AvgIpc) is 2.83. The van der Waals surface area contributed by atoms with Crippen LogP contribution in [0.4, 0.5) is 0 Å². The van der Waals surface area contributed by atoms with Gasteiger partial charge in [0.1, 0.15) is 0 Å². The van der Waals surface area contributed by atoms with E-state index in [1.165, 1.54) is 39.2 Å². The van der Waals surface area contributed by atoms with Crippen LogP contribution >= 0.6 is 0 Å². The molecule has 0 aromatic heterocycles. The van der Waals surface area contributed by atoms with Crippen LogP contribution in [0.25, 0.3) is 0 Å². The van der Waals surface area contributed by atoms with Crippen LogP contribution in [0.3, 0.4) is 0 Å². The molecule has 1 aliphatic carbocycles. The zero-order chi connectivity index (χ0) is 8.69. The smallest absolute Gasteiger partial charge is 0.0195 e. The summed E-state index contributed by atoms with van der Waals surface area (Å²) in [6.07, 6.45) is 7.31. The highest BCUT2D eigenvalue weighted by molar-refractivity contribution is 4.84. The van der Waals surface area contributed by atoms with E-state index in [2.05, 4.69) is 19.6 Å². The molecular formula is C10H23N. The molecule has 0 saturated heterocycles. The highest BCUT2D eigenvalue weighted by Gasteiger charge is 2.33. The van der Waals surface area contributed by atoms with Gasteiger partial charge >= 0.3 is 0 Å². The summed E-state index contributed by atoms with van der Waals surface area (Å²) in [6.45, 7) is 4.60. The minimum absolute atomic E-state index is 1.12. The second-order valence-corrected chi connectivity index (χ2v) is 3.31. The highest BCUT2D eigenvalue weighted by atomic mass is 14.4. The van der Waals surface area contributed by atoms with Crippen molar-refractivity contribution in [1.82, 2.24) is 0 Å². The van der Waals surface area contributed by atoms with Gasteiger partial charge in [0.2, 0.25) is 0 Å². The topological polar surface area (TPSA) is 26.0 Å². The summed E-state index contributed by atoms with van der Waals surface area (Å²) in [7, 11) is 1.50. The van der Waals surface area contributed by atoms with Gasteiger partial charge in [-0.05, 0) is 25.3 Å². The Kier molecular flexibility index (Phi) is 6.63. The Hall–Kier alpha value is -0.0400. The molecule has 0 radical (unpaired) electrons. The maximum atomic E-state index is 4.50. The van der Waals surface area contributed by atoms with Gasteiger partial charge in [0.25, 0.3) is 0 Å². The molecule has 1 fully saturated rings. The summed E-state index contributed by atoms with van der Waals surface area (Å²) in [5, 5.41) is 0. The van der Waals surface area contributed by atoms with Crippen molar-refractivity contribution in [2.45, 2.75) is 46.0 Å². The molecule has 2 atom stereocenters. The quantitative estimate of drug-likeness (QED) is 0.667. The molecule has 0 heterocycles. The first-order chi connectivity index (χ1) is 5.38. The fourth-order valence-electron chi connectivity index (χ4n) is 1.63. The first-order valence-corrected chi connectivity index (χ1v) is 4.96. The maximum Gasteiger partial charge on any atom is -0.0195 e. The van der Waals surface area contributed by atoms with E-state index >= 15 is 0 Å². The second kappa shape index (κ2) is 6.66. The normalized spacial score (nSPS) is 27.3. The standard InChI is InChI=1S/C9H18.CH5N/c1-3-5-6-9-7-8(9)4-2;1-2/h8-9H,3-7H2,1-2H3;2H2,1H3. The summed E-state index contributed by atoms with van der Waals surface area (Å²) < 4.78 is 0. The van der Waals surface area contributed by atoms with Crippen LogP contribution in [0, 0.1) is 11.8 Å².